The predicted octanol–water partition coefficient (Wildman–Crippen LogP) is 3.05. The summed E-state index contributed by atoms with van der Waals surface area (Å²) < 4.78 is 41.3. The molecule has 0 saturated heterocycles. The number of amides is 1. The van der Waals surface area contributed by atoms with Crippen LogP contribution < -0.4 is 4.72 Å². The van der Waals surface area contributed by atoms with Gasteiger partial charge in [-0.2, -0.15) is 0 Å². The van der Waals surface area contributed by atoms with Crippen LogP contribution in [0.15, 0.2) is 47.4 Å². The third-order valence-corrected chi connectivity index (χ3v) is 7.05. The quantitative estimate of drug-likeness (QED) is 0.781. The summed E-state index contributed by atoms with van der Waals surface area (Å²) in [6.07, 6.45) is 1.68. The summed E-state index contributed by atoms with van der Waals surface area (Å²) in [5.74, 6) is -1.15. The van der Waals surface area contributed by atoms with Gasteiger partial charge in [0.2, 0.25) is 0 Å². The Morgan fingerprint density at radius 1 is 1.00 bits per heavy atom. The van der Waals surface area contributed by atoms with Gasteiger partial charge in [-0.25, -0.2) is 12.8 Å². The van der Waals surface area contributed by atoms with Crippen LogP contribution in [0.4, 0.5) is 10.1 Å². The van der Waals surface area contributed by atoms with E-state index in [1.54, 1.807) is 0 Å². The molecule has 7 nitrogen and oxygen atoms in total. The predicted molar refractivity (Wildman–Crippen MR) is 110 cm³/mol. The number of carbonyl (C=O) groups is 3. The maximum absolute atomic E-state index is 13.9. The molecule has 4 rings (SSSR count). The number of fused-ring (bicyclic) bond motifs is 1. The smallest absolute Gasteiger partial charge is 0.264 e. The largest absolute Gasteiger partial charge is 0.324 e. The van der Waals surface area contributed by atoms with Crippen molar-refractivity contribution < 1.29 is 27.2 Å². The van der Waals surface area contributed by atoms with Crippen LogP contribution in [0.1, 0.15) is 48.0 Å². The number of ketones is 2. The number of benzene rings is 2. The van der Waals surface area contributed by atoms with E-state index >= 15 is 0 Å². The van der Waals surface area contributed by atoms with E-state index in [-0.39, 0.29) is 42.5 Å². The monoisotopic (exact) mass is 444 g/mol. The summed E-state index contributed by atoms with van der Waals surface area (Å²) >= 11 is 0. The minimum Gasteiger partial charge on any atom is -0.324 e. The molecular weight excluding hydrogens is 423 g/mol. The second-order valence-electron chi connectivity index (χ2n) is 7.75. The van der Waals surface area contributed by atoms with Crippen molar-refractivity contribution in [3.05, 3.63) is 59.4 Å². The molecule has 2 aromatic carbocycles. The van der Waals surface area contributed by atoms with Crippen molar-refractivity contribution in [3.8, 4) is 0 Å². The number of nitrogens with one attached hydrogen (secondary N) is 1. The molecule has 1 aliphatic carbocycles. The Balaban J connectivity index is 1.56. The van der Waals surface area contributed by atoms with Crippen LogP contribution in [0.2, 0.25) is 0 Å². The zero-order valence-electron chi connectivity index (χ0n) is 16.6. The lowest BCUT2D eigenvalue weighted by molar-refractivity contribution is -0.126. The van der Waals surface area contributed by atoms with E-state index in [4.69, 9.17) is 0 Å². The van der Waals surface area contributed by atoms with Crippen LogP contribution in [0.25, 0.3) is 0 Å². The molecule has 0 spiro atoms. The fourth-order valence-corrected chi connectivity index (χ4v) is 5.20. The number of anilines is 1. The summed E-state index contributed by atoms with van der Waals surface area (Å²) in [5.41, 5.74) is 1.14. The van der Waals surface area contributed by atoms with E-state index in [1.807, 2.05) is 0 Å². The number of rotatable bonds is 4. The van der Waals surface area contributed by atoms with E-state index in [1.165, 1.54) is 35.2 Å². The van der Waals surface area contributed by atoms with Gasteiger partial charge in [0.1, 0.15) is 16.5 Å². The van der Waals surface area contributed by atoms with E-state index in [2.05, 4.69) is 4.72 Å². The van der Waals surface area contributed by atoms with Gasteiger partial charge in [0, 0.05) is 37.1 Å². The topological polar surface area (TPSA) is 101 Å². The first kappa shape index (κ1) is 21.2. The zero-order valence-corrected chi connectivity index (χ0v) is 17.5. The van der Waals surface area contributed by atoms with E-state index in [9.17, 15) is 27.2 Å². The maximum Gasteiger partial charge on any atom is 0.264 e. The van der Waals surface area contributed by atoms with Crippen LogP contribution in [-0.4, -0.2) is 36.8 Å². The van der Waals surface area contributed by atoms with Crippen molar-refractivity contribution in [3.63, 3.8) is 0 Å². The average molecular weight is 444 g/mol. The Morgan fingerprint density at radius 3 is 2.55 bits per heavy atom. The Labute approximate surface area is 179 Å². The second kappa shape index (κ2) is 8.22. The van der Waals surface area contributed by atoms with Gasteiger partial charge >= 0.3 is 0 Å². The number of sulfonamides is 1. The highest BCUT2D eigenvalue weighted by Crippen LogP contribution is 2.31. The summed E-state index contributed by atoms with van der Waals surface area (Å²) in [6.45, 7) is 0.147. The summed E-state index contributed by atoms with van der Waals surface area (Å²) in [5, 5.41) is 0. The molecule has 1 atom stereocenters. The normalized spacial score (nSPS) is 19.7. The summed E-state index contributed by atoms with van der Waals surface area (Å²) in [6, 6.07) is 8.83. The molecule has 1 saturated carbocycles. The molecule has 31 heavy (non-hydrogen) atoms. The van der Waals surface area contributed by atoms with Crippen LogP contribution in [0.3, 0.4) is 0 Å². The summed E-state index contributed by atoms with van der Waals surface area (Å²) in [4.78, 5) is 38.3. The average Bonchev–Trinajstić information content (AvgIpc) is 3.02. The molecule has 2 aliphatic rings. The second-order valence-corrected chi connectivity index (χ2v) is 9.40. The van der Waals surface area contributed by atoms with E-state index in [0.29, 0.717) is 30.4 Å². The maximum atomic E-state index is 13.9. The number of Topliss-reactive ketones (excluding diaryl/α,β-unsaturated/α-hetero) is 2. The van der Waals surface area contributed by atoms with Gasteiger partial charge in [-0.1, -0.05) is 12.1 Å². The highest BCUT2D eigenvalue weighted by Gasteiger charge is 2.37. The van der Waals surface area contributed by atoms with Gasteiger partial charge in [0.15, 0.2) is 5.78 Å². The lowest BCUT2D eigenvalue weighted by atomic mass is 9.94. The Bertz CT molecular complexity index is 1180. The molecule has 1 heterocycles. The lowest BCUT2D eigenvalue weighted by Crippen LogP contribution is -2.42. The minimum absolute atomic E-state index is 0.0610. The Kier molecular flexibility index (Phi) is 5.62. The summed E-state index contributed by atoms with van der Waals surface area (Å²) in [7, 11) is -4.15. The molecular formula is C22H21FN2O5S. The Hall–Kier alpha value is -3.07. The molecule has 1 N–H and O–H groups in total. The standard InChI is InChI=1S/C22H21FN2O5S/c23-18-5-1-2-7-21(18)31(29,30)24-15-8-10-17-14(12-15)13-25(22(17)28)19-11-9-16(26)4-3-6-20(19)27/h1-2,5,7-8,10,12,19,24H,3-4,6,9,11,13H2. The fraction of sp³-hybridized carbons (Fsp3) is 0.318. The molecule has 9 heteroatoms. The highest BCUT2D eigenvalue weighted by molar-refractivity contribution is 7.92. The van der Waals surface area contributed by atoms with Gasteiger partial charge in [0.05, 0.1) is 6.04 Å². The third-order valence-electron chi connectivity index (χ3n) is 5.64. The molecule has 2 aromatic rings. The fourth-order valence-electron chi connectivity index (χ4n) is 4.07. The SMILES string of the molecule is O=C1CCCC(=O)C(N2Cc3cc(NS(=O)(=O)c4ccccc4F)ccc3C2=O)CC1. The first-order valence-electron chi connectivity index (χ1n) is 10.0. The van der Waals surface area contributed by atoms with Crippen molar-refractivity contribution in [2.45, 2.75) is 49.6 Å². The Morgan fingerprint density at radius 2 is 1.77 bits per heavy atom. The minimum atomic E-state index is -4.15. The number of halogens is 1. The molecule has 0 aromatic heterocycles. The third kappa shape index (κ3) is 4.23. The van der Waals surface area contributed by atoms with Gasteiger partial charge in [-0.15, -0.1) is 0 Å². The van der Waals surface area contributed by atoms with Crippen LogP contribution in [0, 0.1) is 5.82 Å². The molecule has 162 valence electrons. The molecule has 1 amide bonds. The number of nitrogens with zero attached hydrogens (tertiary/aromatic N) is 1. The molecule has 1 aliphatic heterocycles. The van der Waals surface area contributed by atoms with Crippen LogP contribution in [0.5, 0.6) is 0 Å². The van der Waals surface area contributed by atoms with Crippen LogP contribution >= 0.6 is 0 Å². The molecule has 0 radical (unpaired) electrons. The number of hydrogen-bond donors (Lipinski definition) is 1. The van der Waals surface area contributed by atoms with Crippen molar-refractivity contribution in [2.75, 3.05) is 4.72 Å². The van der Waals surface area contributed by atoms with Crippen molar-refractivity contribution in [2.24, 2.45) is 0 Å². The van der Waals surface area contributed by atoms with Gasteiger partial charge in [-0.05, 0) is 48.7 Å². The number of carbonyl (C=O) groups excluding carboxylic acids is 3. The molecule has 1 unspecified atom stereocenters. The lowest BCUT2D eigenvalue weighted by Gasteiger charge is -2.27. The van der Waals surface area contributed by atoms with Crippen molar-refractivity contribution in [1.29, 1.82) is 0 Å². The van der Waals surface area contributed by atoms with Gasteiger partial charge < -0.3 is 4.90 Å². The number of hydrogen-bond acceptors (Lipinski definition) is 5. The highest BCUT2D eigenvalue weighted by atomic mass is 32.2. The van der Waals surface area contributed by atoms with Gasteiger partial charge in [0.25, 0.3) is 15.9 Å². The van der Waals surface area contributed by atoms with Crippen molar-refractivity contribution >= 4 is 33.2 Å². The van der Waals surface area contributed by atoms with Crippen molar-refractivity contribution in [1.82, 2.24) is 4.90 Å². The van der Waals surface area contributed by atoms with Gasteiger partial charge in [-0.3, -0.25) is 19.1 Å². The zero-order chi connectivity index (χ0) is 22.2. The van der Waals surface area contributed by atoms with E-state index < -0.39 is 26.8 Å². The first-order valence-corrected chi connectivity index (χ1v) is 11.5. The molecule has 1 fully saturated rings. The van der Waals surface area contributed by atoms with Crippen LogP contribution in [-0.2, 0) is 26.2 Å². The van der Waals surface area contributed by atoms with E-state index in [0.717, 1.165) is 12.1 Å². The molecule has 0 bridgehead atoms. The first-order chi connectivity index (χ1) is 14.8.